The van der Waals surface area contributed by atoms with Crippen molar-refractivity contribution in [1.82, 2.24) is 10.0 Å². The maximum atomic E-state index is 12.6. The summed E-state index contributed by atoms with van der Waals surface area (Å²) in [5, 5.41) is 3.11. The van der Waals surface area contributed by atoms with Crippen LogP contribution in [0.3, 0.4) is 0 Å². The molecule has 9 heteroatoms. The fourth-order valence-electron chi connectivity index (χ4n) is 2.14. The highest BCUT2D eigenvalue weighted by molar-refractivity contribution is 7.88. The smallest absolute Gasteiger partial charge is 0.313 e. The molecule has 0 aromatic heterocycles. The van der Waals surface area contributed by atoms with E-state index in [4.69, 9.17) is 0 Å². The first kappa shape index (κ1) is 20.0. The number of rotatable bonds is 5. The minimum absolute atomic E-state index is 0. The molecule has 0 atom stereocenters. The van der Waals surface area contributed by atoms with Gasteiger partial charge in [-0.05, 0) is 24.6 Å². The van der Waals surface area contributed by atoms with Crippen LogP contribution in [0.25, 0.3) is 0 Å². The lowest BCUT2D eigenvalue weighted by Gasteiger charge is -2.15. The monoisotopic (exact) mass is 370 g/mol. The van der Waals surface area contributed by atoms with Gasteiger partial charge in [0, 0.05) is 13.1 Å². The Morgan fingerprint density at radius 3 is 2.61 bits per heavy atom. The van der Waals surface area contributed by atoms with Gasteiger partial charge in [-0.3, -0.25) is 0 Å². The zero-order valence-corrected chi connectivity index (χ0v) is 13.8. The molecular formula is C14H18ClF3N2O2S. The zero-order valence-electron chi connectivity index (χ0n) is 12.2. The Morgan fingerprint density at radius 2 is 2.00 bits per heavy atom. The van der Waals surface area contributed by atoms with Gasteiger partial charge in [0.15, 0.2) is 0 Å². The topological polar surface area (TPSA) is 58.2 Å². The van der Waals surface area contributed by atoms with Crippen LogP contribution in [-0.2, 0) is 22.0 Å². The van der Waals surface area contributed by atoms with E-state index in [0.29, 0.717) is 6.54 Å². The molecule has 1 aromatic carbocycles. The molecule has 0 spiro atoms. The van der Waals surface area contributed by atoms with Crippen molar-refractivity contribution >= 4 is 22.4 Å². The number of benzene rings is 1. The zero-order chi connectivity index (χ0) is 16.2. The van der Waals surface area contributed by atoms with E-state index in [-0.39, 0.29) is 24.5 Å². The number of halogens is 4. The maximum Gasteiger partial charge on any atom is 0.416 e. The molecular weight excluding hydrogens is 353 g/mol. The van der Waals surface area contributed by atoms with Crippen LogP contribution in [0.5, 0.6) is 0 Å². The Morgan fingerprint density at radius 1 is 1.26 bits per heavy atom. The van der Waals surface area contributed by atoms with Crippen LogP contribution < -0.4 is 10.0 Å². The molecule has 0 saturated heterocycles. The average Bonchev–Trinajstić information content (AvgIpc) is 2.45. The van der Waals surface area contributed by atoms with Crippen molar-refractivity contribution in [2.75, 3.05) is 19.6 Å². The van der Waals surface area contributed by atoms with Gasteiger partial charge >= 0.3 is 6.18 Å². The summed E-state index contributed by atoms with van der Waals surface area (Å²) in [6, 6.07) is 4.37. The van der Waals surface area contributed by atoms with E-state index < -0.39 is 27.5 Å². The number of alkyl halides is 3. The summed E-state index contributed by atoms with van der Waals surface area (Å²) in [7, 11) is -3.67. The second-order valence-corrected chi connectivity index (χ2v) is 6.90. The summed E-state index contributed by atoms with van der Waals surface area (Å²) in [5.74, 6) is -0.470. The van der Waals surface area contributed by atoms with Crippen molar-refractivity contribution in [3.05, 3.63) is 47.0 Å². The SMILES string of the molecule is Cl.O=S(=O)(Cc1cccc(C(F)(F)F)c1)NCC1=CCNCC1. The third kappa shape index (κ3) is 6.50. The predicted octanol–water partition coefficient (Wildman–Crippen LogP) is 2.47. The largest absolute Gasteiger partial charge is 0.416 e. The Labute approximate surface area is 139 Å². The van der Waals surface area contributed by atoms with Gasteiger partial charge in [0.25, 0.3) is 0 Å². The third-order valence-electron chi connectivity index (χ3n) is 3.29. The Hall–Kier alpha value is -1.09. The van der Waals surface area contributed by atoms with E-state index in [1.54, 1.807) is 0 Å². The molecule has 2 rings (SSSR count). The Kier molecular flexibility index (Phi) is 7.06. The van der Waals surface area contributed by atoms with E-state index in [9.17, 15) is 21.6 Å². The van der Waals surface area contributed by atoms with Crippen LogP contribution in [0.1, 0.15) is 17.5 Å². The van der Waals surface area contributed by atoms with E-state index in [0.717, 1.165) is 30.7 Å². The van der Waals surface area contributed by atoms with Crippen molar-refractivity contribution in [3.63, 3.8) is 0 Å². The van der Waals surface area contributed by atoms with Crippen molar-refractivity contribution in [2.24, 2.45) is 0 Å². The number of hydrogen-bond donors (Lipinski definition) is 2. The highest BCUT2D eigenvalue weighted by Gasteiger charge is 2.30. The van der Waals surface area contributed by atoms with Gasteiger partial charge in [-0.25, -0.2) is 13.1 Å². The molecule has 0 unspecified atom stereocenters. The quantitative estimate of drug-likeness (QED) is 0.783. The highest BCUT2D eigenvalue weighted by atomic mass is 35.5. The first-order chi connectivity index (χ1) is 10.3. The van der Waals surface area contributed by atoms with Crippen LogP contribution in [-0.4, -0.2) is 28.1 Å². The molecule has 2 N–H and O–H groups in total. The van der Waals surface area contributed by atoms with Gasteiger partial charge < -0.3 is 5.32 Å². The molecule has 0 radical (unpaired) electrons. The molecule has 1 heterocycles. The van der Waals surface area contributed by atoms with Gasteiger partial charge in [-0.15, -0.1) is 12.4 Å². The summed E-state index contributed by atoms with van der Waals surface area (Å²) in [6.45, 7) is 1.69. The number of hydrogen-bond acceptors (Lipinski definition) is 3. The fourth-order valence-corrected chi connectivity index (χ4v) is 3.27. The third-order valence-corrected chi connectivity index (χ3v) is 4.59. The van der Waals surface area contributed by atoms with Crippen LogP contribution in [0.15, 0.2) is 35.9 Å². The summed E-state index contributed by atoms with van der Waals surface area (Å²) < 4.78 is 64.2. The van der Waals surface area contributed by atoms with Crippen LogP contribution in [0.2, 0.25) is 0 Å². The molecule has 23 heavy (non-hydrogen) atoms. The van der Waals surface area contributed by atoms with Crippen molar-refractivity contribution in [2.45, 2.75) is 18.3 Å². The van der Waals surface area contributed by atoms with Crippen LogP contribution >= 0.6 is 12.4 Å². The van der Waals surface area contributed by atoms with Gasteiger partial charge in [0.1, 0.15) is 0 Å². The second kappa shape index (κ2) is 8.14. The van der Waals surface area contributed by atoms with Gasteiger partial charge in [-0.1, -0.05) is 29.8 Å². The summed E-state index contributed by atoms with van der Waals surface area (Å²) in [6.07, 6.45) is -1.81. The van der Waals surface area contributed by atoms with Crippen molar-refractivity contribution < 1.29 is 21.6 Å². The van der Waals surface area contributed by atoms with E-state index in [2.05, 4.69) is 10.0 Å². The lowest BCUT2D eigenvalue weighted by Crippen LogP contribution is -2.30. The molecule has 130 valence electrons. The van der Waals surface area contributed by atoms with Gasteiger partial charge in [0.2, 0.25) is 10.0 Å². The molecule has 1 aliphatic rings. The fraction of sp³-hybridized carbons (Fsp3) is 0.429. The lowest BCUT2D eigenvalue weighted by molar-refractivity contribution is -0.137. The number of nitrogens with one attached hydrogen (secondary N) is 2. The minimum Gasteiger partial charge on any atom is -0.313 e. The van der Waals surface area contributed by atoms with E-state index in [1.807, 2.05) is 6.08 Å². The average molecular weight is 371 g/mol. The summed E-state index contributed by atoms with van der Waals surface area (Å²) in [5.41, 5.74) is 0.245. The Balaban J connectivity index is 0.00000264. The minimum atomic E-state index is -4.48. The van der Waals surface area contributed by atoms with Crippen LogP contribution in [0.4, 0.5) is 13.2 Å². The maximum absolute atomic E-state index is 12.6. The lowest BCUT2D eigenvalue weighted by atomic mass is 10.1. The Bertz CT molecular complexity index is 660. The van der Waals surface area contributed by atoms with Gasteiger partial charge in [0.05, 0.1) is 11.3 Å². The molecule has 0 fully saturated rings. The highest BCUT2D eigenvalue weighted by Crippen LogP contribution is 2.29. The van der Waals surface area contributed by atoms with E-state index in [1.165, 1.54) is 12.1 Å². The summed E-state index contributed by atoms with van der Waals surface area (Å²) >= 11 is 0. The summed E-state index contributed by atoms with van der Waals surface area (Å²) in [4.78, 5) is 0. The predicted molar refractivity (Wildman–Crippen MR) is 84.9 cm³/mol. The molecule has 0 bridgehead atoms. The van der Waals surface area contributed by atoms with Gasteiger partial charge in [-0.2, -0.15) is 13.2 Å². The standard InChI is InChI=1S/C14H17F3N2O2S.ClH/c15-14(16,17)13-3-1-2-12(8-13)10-22(20,21)19-9-11-4-6-18-7-5-11;/h1-4,8,18-19H,5-7,9-10H2;1H. The molecule has 1 aliphatic heterocycles. The second-order valence-electron chi connectivity index (χ2n) is 5.09. The van der Waals surface area contributed by atoms with Crippen molar-refractivity contribution in [3.8, 4) is 0 Å². The molecule has 0 saturated carbocycles. The molecule has 4 nitrogen and oxygen atoms in total. The first-order valence-corrected chi connectivity index (χ1v) is 8.43. The normalized spacial score (nSPS) is 15.7. The van der Waals surface area contributed by atoms with E-state index >= 15 is 0 Å². The number of sulfonamides is 1. The molecule has 0 amide bonds. The van der Waals surface area contributed by atoms with Crippen LogP contribution in [0, 0.1) is 0 Å². The molecule has 0 aliphatic carbocycles. The van der Waals surface area contributed by atoms with Crippen molar-refractivity contribution in [1.29, 1.82) is 0 Å². The molecule has 1 aromatic rings. The first-order valence-electron chi connectivity index (χ1n) is 6.78.